The third-order valence-electron chi connectivity index (χ3n) is 7.45. The summed E-state index contributed by atoms with van der Waals surface area (Å²) in [5, 5.41) is 8.40. The molecule has 11 nitrogen and oxygen atoms in total. The number of hydrogen-bond acceptors (Lipinski definition) is 9. The van der Waals surface area contributed by atoms with Gasteiger partial charge in [-0.05, 0) is 80.1 Å². The quantitative estimate of drug-likeness (QED) is 0.0943. The molecule has 2 N–H and O–H groups in total. The molecule has 4 aromatic rings. The van der Waals surface area contributed by atoms with Crippen LogP contribution in [0.5, 0.6) is 11.5 Å². The molecule has 1 aliphatic heterocycles. The summed E-state index contributed by atoms with van der Waals surface area (Å²) in [4.78, 5) is 26.2. The number of rotatable bonds is 11. The van der Waals surface area contributed by atoms with Crippen molar-refractivity contribution in [1.29, 1.82) is 0 Å². The van der Waals surface area contributed by atoms with E-state index < -0.39 is 27.4 Å². The molecular formula is C32H35N4O7PS3. The van der Waals surface area contributed by atoms with E-state index in [9.17, 15) is 18.0 Å². The van der Waals surface area contributed by atoms with Gasteiger partial charge in [0.1, 0.15) is 17.1 Å². The predicted molar refractivity (Wildman–Crippen MR) is 187 cm³/mol. The number of carbonyl (C=O) groups excluding carboxylic acids is 2. The number of aromatic nitrogens is 2. The van der Waals surface area contributed by atoms with Crippen LogP contribution in [-0.4, -0.2) is 61.1 Å². The molecule has 1 unspecified atom stereocenters. The smallest absolute Gasteiger partial charge is 0.347 e. The second-order valence-corrected chi connectivity index (χ2v) is 18.8. The number of aryl methyl sites for hydroxylation is 1. The molecular weight excluding hydrogens is 680 g/mol. The Labute approximate surface area is 284 Å². The summed E-state index contributed by atoms with van der Waals surface area (Å²) in [6, 6.07) is 19.6. The van der Waals surface area contributed by atoms with Crippen LogP contribution in [0.15, 0.2) is 77.7 Å². The van der Waals surface area contributed by atoms with E-state index in [1.54, 1.807) is 41.1 Å². The standard InChI is InChI=1S/C32H35N4O7PS3/c1-3-4-5-31(37)43-30-21-23(29-20-22(2)34-36(29)24-7-13-27(14-8-24)47(33,39)40)6-15-28(30)32(38)42-25-9-11-26(12-10-25)44(45,46)35-16-18-41-19-17-35/h6-15,20-21H,3-5,16-19H2,1-2H3,(H,45,46)(H2,33,39,40). The minimum atomic E-state index is -3.87. The predicted octanol–water partition coefficient (Wildman–Crippen LogP) is 5.01. The molecule has 0 aliphatic carbocycles. The van der Waals surface area contributed by atoms with Crippen molar-refractivity contribution in [3.8, 4) is 28.4 Å². The van der Waals surface area contributed by atoms with Gasteiger partial charge in [0.05, 0.1) is 40.6 Å². The van der Waals surface area contributed by atoms with Gasteiger partial charge in [-0.3, -0.25) is 9.46 Å². The molecule has 0 saturated carbocycles. The van der Waals surface area contributed by atoms with E-state index in [1.807, 2.05) is 32.0 Å². The molecule has 47 heavy (non-hydrogen) atoms. The first kappa shape index (κ1) is 35.0. The lowest BCUT2D eigenvalue weighted by Crippen LogP contribution is -2.35. The number of hydrogen-bond donors (Lipinski definition) is 2. The van der Waals surface area contributed by atoms with Crippen LogP contribution >= 0.6 is 17.6 Å². The van der Waals surface area contributed by atoms with E-state index in [1.165, 1.54) is 18.2 Å². The Morgan fingerprint density at radius 2 is 1.70 bits per heavy atom. The molecule has 1 aromatic heterocycles. The zero-order chi connectivity index (χ0) is 33.8. The van der Waals surface area contributed by atoms with E-state index in [0.717, 1.165) is 11.7 Å². The topological polar surface area (TPSA) is 143 Å². The first-order valence-electron chi connectivity index (χ1n) is 14.9. The number of carbonyl (C=O) groups is 2. The van der Waals surface area contributed by atoms with Crippen LogP contribution in [0.4, 0.5) is 0 Å². The molecule has 3 aromatic carbocycles. The van der Waals surface area contributed by atoms with Crippen LogP contribution in [0, 0.1) is 6.92 Å². The average Bonchev–Trinajstić information content (AvgIpc) is 3.45. The SMILES string of the molecule is CCCCC(=O)Oc1cc(-c2cc(C)nn2-c2ccc(S(N)(=O)=O)cc2)ccc1C(=O)Oc1ccc(P(=S)(S)N2CCOCC2)cc1. The van der Waals surface area contributed by atoms with Crippen LogP contribution in [0.1, 0.15) is 42.2 Å². The van der Waals surface area contributed by atoms with Gasteiger partial charge in [0, 0.05) is 30.4 Å². The van der Waals surface area contributed by atoms with Gasteiger partial charge in [0.15, 0.2) is 0 Å². The lowest BCUT2D eigenvalue weighted by Gasteiger charge is -2.34. The second kappa shape index (κ2) is 14.8. The number of nitrogens with zero attached hydrogens (tertiary/aromatic N) is 3. The van der Waals surface area contributed by atoms with Crippen LogP contribution in [0.2, 0.25) is 0 Å². The highest BCUT2D eigenvalue weighted by Crippen LogP contribution is 2.53. The number of morpholine rings is 1. The molecule has 5 rings (SSSR count). The van der Waals surface area contributed by atoms with Gasteiger partial charge in [0.25, 0.3) is 0 Å². The molecule has 0 amide bonds. The largest absolute Gasteiger partial charge is 0.426 e. The van der Waals surface area contributed by atoms with E-state index in [4.69, 9.17) is 43.4 Å². The minimum absolute atomic E-state index is 0.0293. The van der Waals surface area contributed by atoms with Crippen molar-refractivity contribution in [1.82, 2.24) is 14.5 Å². The molecule has 0 bridgehead atoms. The number of esters is 2. The summed E-state index contributed by atoms with van der Waals surface area (Å²) in [7, 11) is -3.87. The van der Waals surface area contributed by atoms with Crippen LogP contribution in [-0.2, 0) is 31.4 Å². The number of sulfonamides is 1. The third kappa shape index (κ3) is 8.39. The van der Waals surface area contributed by atoms with E-state index in [0.29, 0.717) is 61.1 Å². The maximum absolute atomic E-state index is 13.5. The fraction of sp³-hybridized carbons (Fsp3) is 0.281. The maximum atomic E-state index is 13.5. The Morgan fingerprint density at radius 1 is 1.02 bits per heavy atom. The Morgan fingerprint density at radius 3 is 2.34 bits per heavy atom. The summed E-state index contributed by atoms with van der Waals surface area (Å²) in [5.74, 6) is -0.843. The normalized spacial score (nSPS) is 15.1. The molecule has 1 fully saturated rings. The van der Waals surface area contributed by atoms with Gasteiger partial charge in [-0.1, -0.05) is 31.2 Å². The van der Waals surface area contributed by atoms with Gasteiger partial charge in [0.2, 0.25) is 10.0 Å². The van der Waals surface area contributed by atoms with Crippen molar-refractivity contribution >= 4 is 56.7 Å². The van der Waals surface area contributed by atoms with Crippen LogP contribution in [0.3, 0.4) is 0 Å². The van der Waals surface area contributed by atoms with Crippen molar-refractivity contribution in [2.24, 2.45) is 5.14 Å². The van der Waals surface area contributed by atoms with Crippen molar-refractivity contribution in [2.45, 2.75) is 38.0 Å². The van der Waals surface area contributed by atoms with Gasteiger partial charge >= 0.3 is 11.9 Å². The third-order valence-corrected chi connectivity index (χ3v) is 13.3. The Kier molecular flexibility index (Phi) is 11.0. The molecule has 1 saturated heterocycles. The van der Waals surface area contributed by atoms with Gasteiger partial charge in [-0.15, -0.1) is 12.2 Å². The van der Waals surface area contributed by atoms with Crippen molar-refractivity contribution < 1.29 is 32.2 Å². The van der Waals surface area contributed by atoms with Crippen LogP contribution in [0.25, 0.3) is 16.9 Å². The molecule has 0 radical (unpaired) electrons. The number of unbranched alkanes of at least 4 members (excludes halogenated alkanes) is 1. The summed E-state index contributed by atoms with van der Waals surface area (Å²) < 4.78 is 44.1. The zero-order valence-corrected chi connectivity index (χ0v) is 29.3. The number of thiol groups is 1. The first-order chi connectivity index (χ1) is 22.4. The van der Waals surface area contributed by atoms with Gasteiger partial charge in [-0.25, -0.2) is 23.0 Å². The number of nitrogens with two attached hydrogens (primary N) is 1. The van der Waals surface area contributed by atoms with Gasteiger partial charge < -0.3 is 14.2 Å². The first-order valence-corrected chi connectivity index (χ1v) is 20.4. The van der Waals surface area contributed by atoms with E-state index in [2.05, 4.69) is 9.77 Å². The second-order valence-electron chi connectivity index (χ2n) is 10.9. The lowest BCUT2D eigenvalue weighted by molar-refractivity contribution is -0.134. The molecule has 0 spiro atoms. The average molecular weight is 715 g/mol. The Bertz CT molecular complexity index is 1920. The zero-order valence-electron chi connectivity index (χ0n) is 25.9. The van der Waals surface area contributed by atoms with Crippen molar-refractivity contribution in [3.63, 3.8) is 0 Å². The highest BCUT2D eigenvalue weighted by molar-refractivity contribution is 8.65. The van der Waals surface area contributed by atoms with E-state index >= 15 is 0 Å². The fourth-order valence-corrected chi connectivity index (χ4v) is 8.84. The summed E-state index contributed by atoms with van der Waals surface area (Å²) >= 11 is 10.7. The van der Waals surface area contributed by atoms with Crippen LogP contribution < -0.4 is 19.9 Å². The Balaban J connectivity index is 1.44. The Hall–Kier alpha value is -3.36. The number of ether oxygens (including phenoxy) is 3. The molecule has 248 valence electrons. The molecule has 1 aliphatic rings. The number of benzene rings is 3. The fourth-order valence-electron chi connectivity index (χ4n) is 4.97. The highest BCUT2D eigenvalue weighted by atomic mass is 32.9. The highest BCUT2D eigenvalue weighted by Gasteiger charge is 2.26. The summed E-state index contributed by atoms with van der Waals surface area (Å²) in [5.41, 5.74) is 2.55. The number of primary sulfonamides is 1. The van der Waals surface area contributed by atoms with Gasteiger partial charge in [-0.2, -0.15) is 5.10 Å². The molecule has 1 atom stereocenters. The maximum Gasteiger partial charge on any atom is 0.347 e. The summed E-state index contributed by atoms with van der Waals surface area (Å²) in [6.07, 6.45) is 1.62. The van der Waals surface area contributed by atoms with E-state index in [-0.39, 0.29) is 22.6 Å². The minimum Gasteiger partial charge on any atom is -0.426 e. The summed E-state index contributed by atoms with van der Waals surface area (Å²) in [6.45, 7) is 6.41. The monoisotopic (exact) mass is 714 g/mol. The van der Waals surface area contributed by atoms with Crippen molar-refractivity contribution in [3.05, 3.63) is 84.1 Å². The molecule has 15 heteroatoms. The lowest BCUT2D eigenvalue weighted by atomic mass is 10.1. The van der Waals surface area contributed by atoms with Crippen molar-refractivity contribution in [2.75, 3.05) is 26.3 Å². The molecule has 2 heterocycles.